The van der Waals surface area contributed by atoms with Crippen LogP contribution in [-0.4, -0.2) is 69.7 Å². The minimum Gasteiger partial charge on any atom is -0.428 e. The van der Waals surface area contributed by atoms with Gasteiger partial charge in [0.25, 0.3) is 5.91 Å². The van der Waals surface area contributed by atoms with E-state index in [1.807, 2.05) is 0 Å². The molecular weight excluding hydrogens is 442 g/mol. The van der Waals surface area contributed by atoms with Crippen molar-refractivity contribution < 1.29 is 38.2 Å². The lowest BCUT2D eigenvalue weighted by Gasteiger charge is -2.51. The van der Waals surface area contributed by atoms with Crippen LogP contribution < -0.4 is 5.73 Å². The molecule has 0 saturated carbocycles. The monoisotopic (exact) mass is 471 g/mol. The van der Waals surface area contributed by atoms with E-state index in [4.69, 9.17) is 24.8 Å². The maximum absolute atomic E-state index is 13.0. The molecule has 2 amide bonds. The maximum Gasteiger partial charge on any atom is 0.528 e. The van der Waals surface area contributed by atoms with Gasteiger partial charge in [-0.25, -0.2) is 9.59 Å². The first-order valence-electron chi connectivity index (χ1n) is 10.2. The van der Waals surface area contributed by atoms with Crippen molar-refractivity contribution in [3.8, 4) is 0 Å². The van der Waals surface area contributed by atoms with E-state index in [1.165, 1.54) is 9.96 Å². The molecule has 0 aromatic rings. The Morgan fingerprint density at radius 2 is 1.66 bits per heavy atom. The van der Waals surface area contributed by atoms with Crippen molar-refractivity contribution in [3.05, 3.63) is 10.8 Å². The second-order valence-electron chi connectivity index (χ2n) is 9.73. The second-order valence-corrected chi connectivity index (χ2v) is 10.7. The number of carbonyl (C=O) groups excluding carboxylic acids is 4. The van der Waals surface area contributed by atoms with Crippen molar-refractivity contribution in [1.29, 1.82) is 0 Å². The molecule has 2 saturated heterocycles. The number of thioether (sulfide) groups is 1. The third-order valence-corrected chi connectivity index (χ3v) is 6.00. The van der Waals surface area contributed by atoms with E-state index in [0.717, 1.165) is 11.8 Å². The summed E-state index contributed by atoms with van der Waals surface area (Å²) in [5.74, 6) is -1.12. The van der Waals surface area contributed by atoms with E-state index in [1.54, 1.807) is 41.5 Å². The van der Waals surface area contributed by atoms with Gasteiger partial charge in [0.1, 0.15) is 17.2 Å². The fourth-order valence-corrected chi connectivity index (χ4v) is 4.83. The average Bonchev–Trinajstić information content (AvgIpc) is 2.86. The van der Waals surface area contributed by atoms with Crippen LogP contribution in [0.2, 0.25) is 0 Å². The van der Waals surface area contributed by atoms with Crippen LogP contribution in [0.15, 0.2) is 10.8 Å². The topological polar surface area (TPSA) is 138 Å². The largest absolute Gasteiger partial charge is 0.528 e. The molecule has 2 fully saturated rings. The Labute approximate surface area is 190 Å². The number of hydroxylamine groups is 2. The molecule has 178 valence electrons. The molecule has 0 spiro atoms. The normalized spacial score (nSPS) is 25.1. The predicted molar refractivity (Wildman–Crippen MR) is 113 cm³/mol. The lowest BCUT2D eigenvalue weighted by Crippen LogP contribution is -2.72. The molecule has 12 heteroatoms. The predicted octanol–water partition coefficient (Wildman–Crippen LogP) is 2.11. The number of nitrogens with zero attached hydrogens (tertiary/aromatic N) is 2. The standard InChI is InChI=1S/C20H29N3O8S/c1-19(2,3)29-17(26)28-16-14(32-9-11(21)24)10-7-8-22(13-12(10)23(16)15(13)25)31-18(27)30-20(4,5)6/h10,12-13H,7-9H2,1-6H3,(H2,21,24)/t10?,12-,13+/m1/s1. The highest BCUT2D eigenvalue weighted by molar-refractivity contribution is 8.03. The number of rotatable bonds is 5. The SMILES string of the molecule is CC(C)(C)OC(=O)OC1=C(SCC(N)=O)C2CCN(OC(=O)OC(C)(C)C)[C@@H]3C(=O)N1[C@H]23. The first-order valence-corrected chi connectivity index (χ1v) is 11.2. The van der Waals surface area contributed by atoms with Crippen molar-refractivity contribution in [2.45, 2.75) is 71.2 Å². The number of primary amides is 1. The van der Waals surface area contributed by atoms with E-state index in [0.29, 0.717) is 11.3 Å². The van der Waals surface area contributed by atoms with Crippen LogP contribution >= 0.6 is 11.8 Å². The van der Waals surface area contributed by atoms with Crippen molar-refractivity contribution >= 4 is 35.9 Å². The Balaban J connectivity index is 1.79. The van der Waals surface area contributed by atoms with E-state index in [-0.39, 0.29) is 24.1 Å². The van der Waals surface area contributed by atoms with Crippen molar-refractivity contribution in [3.63, 3.8) is 0 Å². The second kappa shape index (κ2) is 8.47. The lowest BCUT2D eigenvalue weighted by molar-refractivity contribution is -0.223. The number of carbonyl (C=O) groups is 4. The van der Waals surface area contributed by atoms with Gasteiger partial charge in [-0.3, -0.25) is 14.5 Å². The summed E-state index contributed by atoms with van der Waals surface area (Å²) in [5.41, 5.74) is 3.76. The average molecular weight is 472 g/mol. The molecule has 11 nitrogen and oxygen atoms in total. The molecule has 32 heavy (non-hydrogen) atoms. The van der Waals surface area contributed by atoms with Gasteiger partial charge in [-0.2, -0.15) is 0 Å². The highest BCUT2D eigenvalue weighted by Gasteiger charge is 2.65. The smallest absolute Gasteiger partial charge is 0.428 e. The number of piperidine rings is 1. The van der Waals surface area contributed by atoms with Crippen LogP contribution in [0.1, 0.15) is 48.0 Å². The summed E-state index contributed by atoms with van der Waals surface area (Å²) in [4.78, 5) is 56.0. The number of nitrogens with two attached hydrogens (primary N) is 1. The van der Waals surface area contributed by atoms with Gasteiger partial charge in [-0.05, 0) is 48.0 Å². The van der Waals surface area contributed by atoms with Crippen molar-refractivity contribution in [1.82, 2.24) is 9.96 Å². The van der Waals surface area contributed by atoms with Gasteiger partial charge >= 0.3 is 12.3 Å². The van der Waals surface area contributed by atoms with E-state index in [9.17, 15) is 19.2 Å². The molecule has 3 rings (SSSR count). The zero-order valence-electron chi connectivity index (χ0n) is 19.0. The summed E-state index contributed by atoms with van der Waals surface area (Å²) < 4.78 is 15.8. The van der Waals surface area contributed by atoms with Gasteiger partial charge in [0.05, 0.1) is 16.7 Å². The molecule has 3 aliphatic rings. The van der Waals surface area contributed by atoms with E-state index < -0.39 is 47.4 Å². The number of hydrogen-bond acceptors (Lipinski definition) is 10. The fraction of sp³-hybridized carbons (Fsp3) is 0.700. The summed E-state index contributed by atoms with van der Waals surface area (Å²) in [7, 11) is 0. The van der Waals surface area contributed by atoms with Crippen LogP contribution in [0.3, 0.4) is 0 Å². The summed E-state index contributed by atoms with van der Waals surface area (Å²) in [6, 6.07) is -1.16. The van der Waals surface area contributed by atoms with Gasteiger partial charge in [0.15, 0.2) is 0 Å². The first-order chi connectivity index (χ1) is 14.7. The summed E-state index contributed by atoms with van der Waals surface area (Å²) in [6.07, 6.45) is -1.36. The molecular formula is C20H29N3O8S. The van der Waals surface area contributed by atoms with E-state index >= 15 is 0 Å². The summed E-state index contributed by atoms with van der Waals surface area (Å²) in [5, 5.41) is 1.31. The van der Waals surface area contributed by atoms with Crippen LogP contribution in [0.25, 0.3) is 0 Å². The minimum absolute atomic E-state index is 0.0372. The number of β-lactam (4-membered cyclic amide) rings is 1. The molecule has 1 unspecified atom stereocenters. The van der Waals surface area contributed by atoms with Crippen LogP contribution in [0.4, 0.5) is 9.59 Å². The molecule has 0 radical (unpaired) electrons. The van der Waals surface area contributed by atoms with E-state index in [2.05, 4.69) is 0 Å². The highest BCUT2D eigenvalue weighted by Crippen LogP contribution is 2.52. The Bertz CT molecular complexity index is 860. The molecule has 2 N–H and O–H groups in total. The van der Waals surface area contributed by atoms with Gasteiger partial charge in [0, 0.05) is 12.5 Å². The third-order valence-electron chi connectivity index (χ3n) is 4.78. The zero-order valence-corrected chi connectivity index (χ0v) is 19.8. The number of ether oxygens (including phenoxy) is 3. The first kappa shape index (κ1) is 24.2. The molecule has 0 aromatic carbocycles. The Morgan fingerprint density at radius 3 is 2.22 bits per heavy atom. The highest BCUT2D eigenvalue weighted by atomic mass is 32.2. The van der Waals surface area contributed by atoms with Gasteiger partial charge < -0.3 is 24.8 Å². The minimum atomic E-state index is -0.957. The number of hydrogen-bond donors (Lipinski definition) is 1. The maximum atomic E-state index is 13.0. The van der Waals surface area contributed by atoms with Gasteiger partial charge in [-0.1, -0.05) is 0 Å². The Kier molecular flexibility index (Phi) is 6.40. The molecule has 0 aliphatic carbocycles. The quantitative estimate of drug-likeness (QED) is 0.468. The van der Waals surface area contributed by atoms with Crippen LogP contribution in [0.5, 0.6) is 0 Å². The zero-order chi connectivity index (χ0) is 24.0. The molecule has 3 atom stereocenters. The third kappa shape index (κ3) is 5.12. The van der Waals surface area contributed by atoms with Gasteiger partial charge in [0.2, 0.25) is 11.8 Å². The van der Waals surface area contributed by atoms with Crippen LogP contribution in [-0.2, 0) is 28.6 Å². The van der Waals surface area contributed by atoms with Crippen molar-refractivity contribution in [2.75, 3.05) is 12.3 Å². The summed E-state index contributed by atoms with van der Waals surface area (Å²) in [6.45, 7) is 10.5. The van der Waals surface area contributed by atoms with Crippen molar-refractivity contribution in [2.24, 2.45) is 11.7 Å². The molecule has 0 aromatic heterocycles. The fourth-order valence-electron chi connectivity index (χ4n) is 3.80. The molecule has 3 aliphatic heterocycles. The van der Waals surface area contributed by atoms with Crippen LogP contribution in [0, 0.1) is 5.92 Å². The Morgan fingerprint density at radius 1 is 1.06 bits per heavy atom. The molecule has 0 bridgehead atoms. The number of amides is 2. The van der Waals surface area contributed by atoms with Gasteiger partial charge in [-0.15, -0.1) is 16.8 Å². The molecule has 3 heterocycles. The Hall–Kier alpha value is -2.47. The lowest BCUT2D eigenvalue weighted by atomic mass is 9.82. The summed E-state index contributed by atoms with van der Waals surface area (Å²) >= 11 is 1.13.